The van der Waals surface area contributed by atoms with E-state index < -0.39 is 0 Å². The fourth-order valence-corrected chi connectivity index (χ4v) is 4.32. The van der Waals surface area contributed by atoms with E-state index in [4.69, 9.17) is 14.2 Å². The van der Waals surface area contributed by atoms with E-state index in [0.29, 0.717) is 50.9 Å². The number of methoxy groups -OCH3 is 1. The average molecular weight is 327 g/mol. The Morgan fingerprint density at radius 2 is 1.74 bits per heavy atom. The highest BCUT2D eigenvalue weighted by atomic mass is 16.5. The molecule has 2 fully saturated rings. The summed E-state index contributed by atoms with van der Waals surface area (Å²) >= 11 is 0. The van der Waals surface area contributed by atoms with Gasteiger partial charge in [-0.15, -0.1) is 0 Å². The van der Waals surface area contributed by atoms with Gasteiger partial charge in [0.1, 0.15) is 0 Å². The van der Waals surface area contributed by atoms with Gasteiger partial charge in [-0.1, -0.05) is 20.8 Å². The molecule has 2 rings (SSSR count). The van der Waals surface area contributed by atoms with Crippen LogP contribution in [-0.4, -0.2) is 52.1 Å². The first-order valence-corrected chi connectivity index (χ1v) is 8.85. The fraction of sp³-hybridized carbons (Fsp3) is 0.944. The SMILES string of the molecule is COCCOCCOCCC(=O)N[C@@H]1C[C@@H]2CC[C@]1(C)C2(C)C. The molecule has 2 saturated carbocycles. The number of nitrogens with one attached hydrogen (secondary N) is 1. The minimum absolute atomic E-state index is 0.111. The van der Waals surface area contributed by atoms with Gasteiger partial charge < -0.3 is 19.5 Å². The monoisotopic (exact) mass is 327 g/mol. The van der Waals surface area contributed by atoms with Gasteiger partial charge in [0.25, 0.3) is 0 Å². The van der Waals surface area contributed by atoms with Crippen molar-refractivity contribution >= 4 is 5.91 Å². The molecule has 0 unspecified atom stereocenters. The zero-order valence-corrected chi connectivity index (χ0v) is 15.2. The summed E-state index contributed by atoms with van der Waals surface area (Å²) < 4.78 is 15.6. The van der Waals surface area contributed by atoms with Crippen LogP contribution >= 0.6 is 0 Å². The van der Waals surface area contributed by atoms with E-state index in [9.17, 15) is 4.79 Å². The second kappa shape index (κ2) is 7.95. The van der Waals surface area contributed by atoms with E-state index in [-0.39, 0.29) is 11.3 Å². The first-order chi connectivity index (χ1) is 10.9. The van der Waals surface area contributed by atoms with Gasteiger partial charge in [0.2, 0.25) is 5.91 Å². The number of hydrogen-bond acceptors (Lipinski definition) is 4. The molecule has 0 spiro atoms. The molecule has 23 heavy (non-hydrogen) atoms. The molecule has 0 aliphatic heterocycles. The first kappa shape index (κ1) is 18.7. The highest BCUT2D eigenvalue weighted by molar-refractivity contribution is 5.76. The number of rotatable bonds is 10. The van der Waals surface area contributed by atoms with Gasteiger partial charge in [0.05, 0.1) is 33.0 Å². The van der Waals surface area contributed by atoms with Crippen molar-refractivity contribution < 1.29 is 19.0 Å². The number of hydrogen-bond donors (Lipinski definition) is 1. The predicted molar refractivity (Wildman–Crippen MR) is 89.3 cm³/mol. The quantitative estimate of drug-likeness (QED) is 0.626. The van der Waals surface area contributed by atoms with Crippen LogP contribution in [0.3, 0.4) is 0 Å². The van der Waals surface area contributed by atoms with Crippen molar-refractivity contribution in [2.45, 2.75) is 52.5 Å². The Labute approximate surface area is 140 Å². The molecule has 0 saturated heterocycles. The molecule has 0 radical (unpaired) electrons. The molecule has 5 heteroatoms. The number of fused-ring (bicyclic) bond motifs is 2. The van der Waals surface area contributed by atoms with E-state index in [0.717, 1.165) is 12.3 Å². The van der Waals surface area contributed by atoms with Crippen LogP contribution < -0.4 is 5.32 Å². The molecule has 5 nitrogen and oxygen atoms in total. The molecule has 0 aromatic carbocycles. The average Bonchev–Trinajstić information content (AvgIpc) is 2.83. The van der Waals surface area contributed by atoms with E-state index in [2.05, 4.69) is 26.1 Å². The normalized spacial score (nSPS) is 31.5. The zero-order valence-electron chi connectivity index (χ0n) is 15.2. The van der Waals surface area contributed by atoms with Gasteiger partial charge in [-0.05, 0) is 36.0 Å². The lowest BCUT2D eigenvalue weighted by Gasteiger charge is -2.39. The van der Waals surface area contributed by atoms with Gasteiger partial charge in [-0.25, -0.2) is 0 Å². The van der Waals surface area contributed by atoms with Crippen LogP contribution in [0.15, 0.2) is 0 Å². The van der Waals surface area contributed by atoms with Crippen LogP contribution in [0.4, 0.5) is 0 Å². The van der Waals surface area contributed by atoms with Crippen molar-refractivity contribution in [1.29, 1.82) is 0 Å². The van der Waals surface area contributed by atoms with E-state index in [1.54, 1.807) is 7.11 Å². The molecule has 0 aromatic rings. The Hall–Kier alpha value is -0.650. The lowest BCUT2D eigenvalue weighted by molar-refractivity contribution is -0.124. The van der Waals surface area contributed by atoms with Crippen molar-refractivity contribution in [1.82, 2.24) is 5.32 Å². The Morgan fingerprint density at radius 3 is 2.30 bits per heavy atom. The van der Waals surface area contributed by atoms with Gasteiger partial charge in [0, 0.05) is 19.6 Å². The molecule has 0 aromatic heterocycles. The molecule has 2 bridgehead atoms. The Balaban J connectivity index is 1.59. The first-order valence-electron chi connectivity index (χ1n) is 8.85. The molecular weight excluding hydrogens is 294 g/mol. The Kier molecular flexibility index (Phi) is 6.46. The van der Waals surface area contributed by atoms with E-state index >= 15 is 0 Å². The van der Waals surface area contributed by atoms with Gasteiger partial charge >= 0.3 is 0 Å². The zero-order chi connectivity index (χ0) is 16.9. The van der Waals surface area contributed by atoms with E-state index in [1.807, 2.05) is 0 Å². The summed E-state index contributed by atoms with van der Waals surface area (Å²) in [6.07, 6.45) is 4.09. The van der Waals surface area contributed by atoms with Crippen LogP contribution in [-0.2, 0) is 19.0 Å². The maximum Gasteiger partial charge on any atom is 0.222 e. The number of carbonyl (C=O) groups excluding carboxylic acids is 1. The third-order valence-corrected chi connectivity index (χ3v) is 6.41. The fourth-order valence-electron chi connectivity index (χ4n) is 4.32. The number of carbonyl (C=O) groups is 1. The number of amides is 1. The molecule has 1 N–H and O–H groups in total. The van der Waals surface area contributed by atoms with Crippen LogP contribution in [0.1, 0.15) is 46.5 Å². The summed E-state index contributed by atoms with van der Waals surface area (Å²) in [7, 11) is 1.65. The largest absolute Gasteiger partial charge is 0.382 e. The Morgan fingerprint density at radius 1 is 1.09 bits per heavy atom. The van der Waals surface area contributed by atoms with Crippen molar-refractivity contribution in [3.63, 3.8) is 0 Å². The highest BCUT2D eigenvalue weighted by Gasteiger charge is 2.61. The molecule has 2 aliphatic carbocycles. The minimum atomic E-state index is 0.111. The van der Waals surface area contributed by atoms with Crippen molar-refractivity contribution in [3.05, 3.63) is 0 Å². The summed E-state index contributed by atoms with van der Waals surface area (Å²) in [5.41, 5.74) is 0.574. The van der Waals surface area contributed by atoms with Crippen LogP contribution in [0.5, 0.6) is 0 Å². The second-order valence-electron chi connectivity index (χ2n) is 7.70. The van der Waals surface area contributed by atoms with E-state index in [1.165, 1.54) is 12.8 Å². The van der Waals surface area contributed by atoms with Gasteiger partial charge in [0.15, 0.2) is 0 Å². The molecule has 0 heterocycles. The third-order valence-electron chi connectivity index (χ3n) is 6.41. The summed E-state index contributed by atoms with van der Waals surface area (Å²) in [4.78, 5) is 12.2. The summed E-state index contributed by atoms with van der Waals surface area (Å²) in [5, 5.41) is 3.26. The lowest BCUT2D eigenvalue weighted by atomic mass is 9.69. The standard InChI is InChI=1S/C18H33NO4/c1-17(2)14-5-7-18(17,3)15(13-14)19-16(20)6-8-22-11-12-23-10-9-21-4/h14-15H,5-13H2,1-4H3,(H,19,20)/t14-,15+,18-/m0/s1. The summed E-state index contributed by atoms with van der Waals surface area (Å²) in [5.74, 6) is 0.859. The molecular formula is C18H33NO4. The predicted octanol–water partition coefficient (Wildman–Crippen LogP) is 2.39. The number of ether oxygens (including phenoxy) is 3. The van der Waals surface area contributed by atoms with Gasteiger partial charge in [-0.3, -0.25) is 4.79 Å². The third kappa shape index (κ3) is 4.06. The lowest BCUT2D eigenvalue weighted by Crippen LogP contribution is -2.47. The summed E-state index contributed by atoms with van der Waals surface area (Å²) in [6, 6.07) is 0.320. The van der Waals surface area contributed by atoms with Crippen molar-refractivity contribution in [2.75, 3.05) is 40.1 Å². The topological polar surface area (TPSA) is 56.8 Å². The van der Waals surface area contributed by atoms with Gasteiger partial charge in [-0.2, -0.15) is 0 Å². The maximum absolute atomic E-state index is 12.2. The molecule has 3 atom stereocenters. The van der Waals surface area contributed by atoms with Crippen molar-refractivity contribution in [2.24, 2.45) is 16.7 Å². The highest BCUT2D eigenvalue weighted by Crippen LogP contribution is 2.65. The minimum Gasteiger partial charge on any atom is -0.382 e. The van der Waals surface area contributed by atoms with Crippen LogP contribution in [0, 0.1) is 16.7 Å². The van der Waals surface area contributed by atoms with Crippen LogP contribution in [0.25, 0.3) is 0 Å². The summed E-state index contributed by atoms with van der Waals surface area (Å²) in [6.45, 7) is 9.77. The van der Waals surface area contributed by atoms with Crippen LogP contribution in [0.2, 0.25) is 0 Å². The second-order valence-corrected chi connectivity index (χ2v) is 7.70. The molecule has 1 amide bonds. The molecule has 134 valence electrons. The Bertz CT molecular complexity index is 398. The smallest absolute Gasteiger partial charge is 0.222 e. The molecule has 2 aliphatic rings. The maximum atomic E-state index is 12.2. The van der Waals surface area contributed by atoms with Crippen molar-refractivity contribution in [3.8, 4) is 0 Å².